The van der Waals surface area contributed by atoms with E-state index in [0.717, 1.165) is 37.4 Å². The van der Waals surface area contributed by atoms with E-state index in [-0.39, 0.29) is 23.3 Å². The van der Waals surface area contributed by atoms with E-state index in [2.05, 4.69) is 45.5 Å². The summed E-state index contributed by atoms with van der Waals surface area (Å²) in [6, 6.07) is 16.5. The summed E-state index contributed by atoms with van der Waals surface area (Å²) in [6.07, 6.45) is 1.77. The normalized spacial score (nSPS) is 14.8. The number of pyridine rings is 1. The average Bonchev–Trinajstić information content (AvgIpc) is 3.48. The highest BCUT2D eigenvalue weighted by Gasteiger charge is 2.27. The Hall–Kier alpha value is -3.45. The van der Waals surface area contributed by atoms with E-state index < -0.39 is 0 Å². The molecular weight excluding hydrogens is 464 g/mol. The number of hydrogen-bond donors (Lipinski definition) is 3. The van der Waals surface area contributed by atoms with Crippen LogP contribution in [0.2, 0.25) is 0 Å². The van der Waals surface area contributed by atoms with Crippen LogP contribution in [0.3, 0.4) is 0 Å². The number of aromatic nitrogens is 1. The maximum absolute atomic E-state index is 13.2. The topological polar surface area (TPSA) is 121 Å². The van der Waals surface area contributed by atoms with Crippen LogP contribution in [0.15, 0.2) is 47.8 Å². The van der Waals surface area contributed by atoms with Crippen LogP contribution in [0.4, 0.5) is 11.5 Å². The summed E-state index contributed by atoms with van der Waals surface area (Å²) >= 11 is 2.72. The first-order chi connectivity index (χ1) is 16.5. The van der Waals surface area contributed by atoms with Gasteiger partial charge in [0.1, 0.15) is 27.2 Å². The molecule has 1 aliphatic rings. The molecule has 1 amide bonds. The highest BCUT2D eigenvalue weighted by atomic mass is 32.1. The molecule has 0 atom stereocenters. The first-order valence-corrected chi connectivity index (χ1v) is 12.8. The first kappa shape index (κ1) is 22.3. The summed E-state index contributed by atoms with van der Waals surface area (Å²) in [5.74, 6) is -0.0476. The molecule has 9 heteroatoms. The Kier molecular flexibility index (Phi) is 6.20. The van der Waals surface area contributed by atoms with Crippen molar-refractivity contribution in [3.63, 3.8) is 0 Å². The molecule has 172 valence electrons. The number of nitriles is 1. The third-order valence-electron chi connectivity index (χ3n) is 6.16. The Bertz CT molecular complexity index is 1370. The fourth-order valence-electron chi connectivity index (χ4n) is 4.45. The predicted octanol–water partition coefficient (Wildman–Crippen LogP) is 4.46. The molecule has 0 radical (unpaired) electrons. The third-order valence-corrected chi connectivity index (χ3v) is 8.15. The van der Waals surface area contributed by atoms with Crippen LogP contribution in [0.1, 0.15) is 33.6 Å². The lowest BCUT2D eigenvalue weighted by molar-refractivity contribution is 0.0914. The molecule has 1 aromatic carbocycles. The Morgan fingerprint density at radius 2 is 1.94 bits per heavy atom. The second-order valence-corrected chi connectivity index (χ2v) is 10.3. The van der Waals surface area contributed by atoms with Gasteiger partial charge in [0.2, 0.25) is 0 Å². The zero-order valence-corrected chi connectivity index (χ0v) is 20.1. The van der Waals surface area contributed by atoms with Crippen molar-refractivity contribution in [1.82, 2.24) is 15.2 Å². The fraction of sp³-hybridized carbons (Fsp3) is 0.240. The van der Waals surface area contributed by atoms with E-state index in [0.29, 0.717) is 26.3 Å². The van der Waals surface area contributed by atoms with Gasteiger partial charge in [-0.1, -0.05) is 36.4 Å². The van der Waals surface area contributed by atoms with Crippen LogP contribution >= 0.6 is 22.7 Å². The molecule has 7 nitrogen and oxygen atoms in total. The number of nitrogen functional groups attached to an aromatic ring is 2. The summed E-state index contributed by atoms with van der Waals surface area (Å²) in [5.41, 5.74) is 15.2. The number of amides is 1. The standard InChI is InChI=1S/C25H24N6OS2/c26-13-17-19(18-7-4-12-33-18)20-21(27)22(34-25(20)30-23(17)28)24(32)29-16-8-10-31(11-9-16)14-15-5-2-1-3-6-15/h1-7,12,16H,8-11,14,27H2,(H2,28,30)(H,29,32). The van der Waals surface area contributed by atoms with E-state index in [1.54, 1.807) is 0 Å². The molecule has 4 heterocycles. The molecule has 0 saturated carbocycles. The van der Waals surface area contributed by atoms with Gasteiger partial charge in [0.05, 0.1) is 5.69 Å². The van der Waals surface area contributed by atoms with E-state index in [4.69, 9.17) is 11.5 Å². The number of carbonyl (C=O) groups excluding carboxylic acids is 1. The minimum atomic E-state index is -0.198. The number of carbonyl (C=O) groups is 1. The fourth-order valence-corrected chi connectivity index (χ4v) is 6.25. The number of likely N-dealkylation sites (tertiary alicyclic amines) is 1. The molecule has 0 spiro atoms. The van der Waals surface area contributed by atoms with Crippen molar-refractivity contribution in [3.8, 4) is 16.5 Å². The molecule has 0 unspecified atom stereocenters. The van der Waals surface area contributed by atoms with Gasteiger partial charge in [0, 0.05) is 41.5 Å². The molecule has 34 heavy (non-hydrogen) atoms. The predicted molar refractivity (Wildman–Crippen MR) is 139 cm³/mol. The Morgan fingerprint density at radius 3 is 2.62 bits per heavy atom. The SMILES string of the molecule is N#Cc1c(N)nc2sc(C(=O)NC3CCN(Cc4ccccc4)CC3)c(N)c2c1-c1cccs1. The number of piperidine rings is 1. The van der Waals surface area contributed by atoms with Gasteiger partial charge in [-0.05, 0) is 29.9 Å². The molecule has 3 aromatic heterocycles. The van der Waals surface area contributed by atoms with Gasteiger partial charge >= 0.3 is 0 Å². The van der Waals surface area contributed by atoms with Crippen LogP contribution < -0.4 is 16.8 Å². The number of hydrogen-bond acceptors (Lipinski definition) is 8. The van der Waals surface area contributed by atoms with E-state index in [1.165, 1.54) is 28.2 Å². The van der Waals surface area contributed by atoms with Crippen molar-refractivity contribution in [2.75, 3.05) is 24.6 Å². The molecule has 0 bridgehead atoms. The average molecular weight is 489 g/mol. The van der Waals surface area contributed by atoms with Crippen molar-refractivity contribution in [2.24, 2.45) is 0 Å². The largest absolute Gasteiger partial charge is 0.397 e. The second-order valence-electron chi connectivity index (χ2n) is 8.37. The Morgan fingerprint density at radius 1 is 1.18 bits per heavy atom. The first-order valence-electron chi connectivity index (χ1n) is 11.1. The summed E-state index contributed by atoms with van der Waals surface area (Å²) in [4.78, 5) is 21.9. The smallest absolute Gasteiger partial charge is 0.263 e. The minimum Gasteiger partial charge on any atom is -0.397 e. The maximum Gasteiger partial charge on any atom is 0.263 e. The number of nitrogens with zero attached hydrogens (tertiary/aromatic N) is 3. The third kappa shape index (κ3) is 4.23. The number of thiophene rings is 2. The molecule has 1 saturated heterocycles. The lowest BCUT2D eigenvalue weighted by Gasteiger charge is -2.32. The van der Waals surface area contributed by atoms with E-state index >= 15 is 0 Å². The number of nitrogens with one attached hydrogen (secondary N) is 1. The zero-order valence-electron chi connectivity index (χ0n) is 18.5. The Labute approximate surface area is 205 Å². The molecular formula is C25H24N6OS2. The maximum atomic E-state index is 13.2. The number of nitrogens with two attached hydrogens (primary N) is 2. The van der Waals surface area contributed by atoms with E-state index in [9.17, 15) is 10.1 Å². The number of anilines is 2. The van der Waals surface area contributed by atoms with Crippen LogP contribution in [-0.2, 0) is 6.54 Å². The van der Waals surface area contributed by atoms with Gasteiger partial charge < -0.3 is 16.8 Å². The molecule has 5 N–H and O–H groups in total. The van der Waals surface area contributed by atoms with Crippen molar-refractivity contribution in [2.45, 2.75) is 25.4 Å². The molecule has 1 fully saturated rings. The number of benzene rings is 1. The summed E-state index contributed by atoms with van der Waals surface area (Å²) in [6.45, 7) is 2.77. The Balaban J connectivity index is 1.35. The summed E-state index contributed by atoms with van der Waals surface area (Å²) < 4.78 is 0. The summed E-state index contributed by atoms with van der Waals surface area (Å²) in [5, 5.41) is 15.4. The van der Waals surface area contributed by atoms with Crippen molar-refractivity contribution < 1.29 is 4.79 Å². The van der Waals surface area contributed by atoms with Gasteiger partial charge in [-0.3, -0.25) is 9.69 Å². The highest BCUT2D eigenvalue weighted by Crippen LogP contribution is 2.43. The van der Waals surface area contributed by atoms with Crippen LogP contribution in [-0.4, -0.2) is 34.9 Å². The van der Waals surface area contributed by atoms with Crippen molar-refractivity contribution in [3.05, 3.63) is 63.8 Å². The highest BCUT2D eigenvalue weighted by molar-refractivity contribution is 7.21. The van der Waals surface area contributed by atoms with Crippen molar-refractivity contribution in [1.29, 1.82) is 5.26 Å². The van der Waals surface area contributed by atoms with Gasteiger partial charge in [-0.15, -0.1) is 22.7 Å². The van der Waals surface area contributed by atoms with Gasteiger partial charge in [0.25, 0.3) is 5.91 Å². The number of rotatable bonds is 5. The monoisotopic (exact) mass is 488 g/mol. The van der Waals surface area contributed by atoms with E-state index in [1.807, 2.05) is 23.6 Å². The van der Waals surface area contributed by atoms with Crippen LogP contribution in [0.5, 0.6) is 0 Å². The zero-order chi connectivity index (χ0) is 23.7. The molecule has 5 rings (SSSR count). The van der Waals surface area contributed by atoms with Gasteiger partial charge in [-0.2, -0.15) is 5.26 Å². The lowest BCUT2D eigenvalue weighted by atomic mass is 10.0. The minimum absolute atomic E-state index is 0.0913. The van der Waals surface area contributed by atoms with Gasteiger partial charge in [0.15, 0.2) is 0 Å². The molecule has 4 aromatic rings. The van der Waals surface area contributed by atoms with Crippen LogP contribution in [0.25, 0.3) is 20.7 Å². The van der Waals surface area contributed by atoms with Crippen molar-refractivity contribution >= 4 is 50.3 Å². The second kappa shape index (κ2) is 9.43. The van der Waals surface area contributed by atoms with Gasteiger partial charge in [-0.25, -0.2) is 4.98 Å². The number of fused-ring (bicyclic) bond motifs is 1. The van der Waals surface area contributed by atoms with Crippen LogP contribution in [0, 0.1) is 11.3 Å². The lowest BCUT2D eigenvalue weighted by Crippen LogP contribution is -2.44. The molecule has 0 aliphatic carbocycles. The quantitative estimate of drug-likeness (QED) is 0.381. The summed E-state index contributed by atoms with van der Waals surface area (Å²) in [7, 11) is 0. The molecule has 1 aliphatic heterocycles.